The van der Waals surface area contributed by atoms with Crippen molar-refractivity contribution in [1.82, 2.24) is 4.98 Å². The van der Waals surface area contributed by atoms with Gasteiger partial charge in [-0.3, -0.25) is 19.4 Å². The number of rotatable bonds is 5. The van der Waals surface area contributed by atoms with Gasteiger partial charge in [0, 0.05) is 11.6 Å². The Balaban J connectivity index is 1.76. The molecule has 1 aliphatic rings. The first-order valence-corrected chi connectivity index (χ1v) is 12.2. The van der Waals surface area contributed by atoms with Gasteiger partial charge in [0.15, 0.2) is 6.23 Å². The van der Waals surface area contributed by atoms with E-state index in [4.69, 9.17) is 4.74 Å². The van der Waals surface area contributed by atoms with E-state index < -0.39 is 22.2 Å². The van der Waals surface area contributed by atoms with Crippen molar-refractivity contribution < 1.29 is 23.1 Å². The molecular formula is C25H24N4O5S. The molecule has 0 saturated heterocycles. The predicted octanol–water partition coefficient (Wildman–Crippen LogP) is 3.71. The molecule has 4 rings (SSSR count). The van der Waals surface area contributed by atoms with E-state index in [-0.39, 0.29) is 38.4 Å². The van der Waals surface area contributed by atoms with Crippen molar-refractivity contribution in [2.75, 3.05) is 16.7 Å². The molecule has 0 saturated carbocycles. The summed E-state index contributed by atoms with van der Waals surface area (Å²) in [6.07, 6.45) is 1.25. The Kier molecular flexibility index (Phi) is 6.00. The van der Waals surface area contributed by atoms with Crippen LogP contribution in [0.15, 0.2) is 59.8 Å². The molecule has 3 aromatic rings. The number of methoxy groups -OCH3 is 1. The lowest BCUT2D eigenvalue weighted by Crippen LogP contribution is -2.28. The van der Waals surface area contributed by atoms with Crippen molar-refractivity contribution in [3.63, 3.8) is 0 Å². The molecule has 180 valence electrons. The number of sulfonamides is 1. The highest BCUT2D eigenvalue weighted by atomic mass is 32.2. The van der Waals surface area contributed by atoms with Crippen LogP contribution in [-0.4, -0.2) is 31.5 Å². The molecule has 0 bridgehead atoms. The van der Waals surface area contributed by atoms with Gasteiger partial charge in [0.25, 0.3) is 15.9 Å². The monoisotopic (exact) mass is 492 g/mol. The summed E-state index contributed by atoms with van der Waals surface area (Å²) in [6, 6.07) is 12.6. The van der Waals surface area contributed by atoms with Gasteiger partial charge in [-0.25, -0.2) is 8.42 Å². The summed E-state index contributed by atoms with van der Waals surface area (Å²) in [4.78, 5) is 18.4. The summed E-state index contributed by atoms with van der Waals surface area (Å²) in [7, 11) is -2.62. The molecule has 0 radical (unpaired) electrons. The number of carbonyl (C=O) groups excluding carboxylic acids is 1. The van der Waals surface area contributed by atoms with Crippen LogP contribution in [0.25, 0.3) is 0 Å². The molecule has 1 aromatic heterocycles. The number of fused-ring (bicyclic) bond motifs is 1. The van der Waals surface area contributed by atoms with Gasteiger partial charge in [0.05, 0.1) is 53.0 Å². The number of nitriles is 1. The molecule has 10 heteroatoms. The fourth-order valence-corrected chi connectivity index (χ4v) is 4.99. The Morgan fingerprint density at radius 1 is 1.14 bits per heavy atom. The summed E-state index contributed by atoms with van der Waals surface area (Å²) < 4.78 is 33.9. The molecular weight excluding hydrogens is 468 g/mol. The van der Waals surface area contributed by atoms with Gasteiger partial charge in [-0.1, -0.05) is 32.9 Å². The maximum Gasteiger partial charge on any atom is 0.262 e. The number of aromatic nitrogens is 1. The number of anilines is 2. The summed E-state index contributed by atoms with van der Waals surface area (Å²) in [5, 5.41) is 20.7. The molecule has 0 aliphatic carbocycles. The molecule has 0 fully saturated rings. The average molecular weight is 493 g/mol. The van der Waals surface area contributed by atoms with Crippen LogP contribution in [0.5, 0.6) is 5.75 Å². The molecule has 35 heavy (non-hydrogen) atoms. The second-order valence-electron chi connectivity index (χ2n) is 9.07. The Morgan fingerprint density at radius 3 is 2.43 bits per heavy atom. The number of hydrogen-bond donors (Lipinski definition) is 2. The van der Waals surface area contributed by atoms with Crippen LogP contribution in [0.4, 0.5) is 11.4 Å². The number of aliphatic hydroxyl groups is 1. The van der Waals surface area contributed by atoms with E-state index >= 15 is 0 Å². The Bertz CT molecular complexity index is 1450. The van der Waals surface area contributed by atoms with Crippen molar-refractivity contribution in [3.05, 3.63) is 77.1 Å². The molecule has 1 amide bonds. The van der Waals surface area contributed by atoms with Crippen molar-refractivity contribution in [1.29, 1.82) is 5.26 Å². The quantitative estimate of drug-likeness (QED) is 0.555. The molecule has 2 N–H and O–H groups in total. The predicted molar refractivity (Wildman–Crippen MR) is 130 cm³/mol. The lowest BCUT2D eigenvalue weighted by molar-refractivity contribution is 0.0935. The average Bonchev–Trinajstić information content (AvgIpc) is 3.09. The standard InChI is InChI=1S/C25H24N4O5S/c1-25(2,3)16-6-8-19(9-7-16)35(32,33)28-20-10-5-15(12-26)21-22(20)24(31)29(23(21)30)17-11-18(34-4)14-27-13-17/h5-11,13-14,24,28,31H,1-4H3. The minimum atomic E-state index is -4.06. The zero-order valence-electron chi connectivity index (χ0n) is 19.6. The number of aliphatic hydroxyl groups excluding tert-OH is 1. The largest absolute Gasteiger partial charge is 0.495 e. The summed E-state index contributed by atoms with van der Waals surface area (Å²) in [6.45, 7) is 6.07. The summed E-state index contributed by atoms with van der Waals surface area (Å²) in [5.41, 5.74) is 0.982. The summed E-state index contributed by atoms with van der Waals surface area (Å²) in [5.74, 6) is -0.298. The van der Waals surface area contributed by atoms with Crippen LogP contribution in [0.1, 0.15) is 54.0 Å². The Morgan fingerprint density at radius 2 is 1.83 bits per heavy atom. The van der Waals surface area contributed by atoms with E-state index in [1.54, 1.807) is 12.1 Å². The molecule has 1 unspecified atom stereocenters. The van der Waals surface area contributed by atoms with Crippen LogP contribution in [0.3, 0.4) is 0 Å². The highest BCUT2D eigenvalue weighted by Gasteiger charge is 2.41. The first-order valence-electron chi connectivity index (χ1n) is 10.7. The number of pyridine rings is 1. The van der Waals surface area contributed by atoms with Gasteiger partial charge in [0.2, 0.25) is 0 Å². The zero-order chi connectivity index (χ0) is 25.5. The van der Waals surface area contributed by atoms with Crippen molar-refractivity contribution in [3.8, 4) is 11.8 Å². The van der Waals surface area contributed by atoms with Gasteiger partial charge in [-0.15, -0.1) is 0 Å². The fourth-order valence-electron chi connectivity index (χ4n) is 3.91. The minimum absolute atomic E-state index is 0.00176. The van der Waals surface area contributed by atoms with Gasteiger partial charge < -0.3 is 9.84 Å². The van der Waals surface area contributed by atoms with Crippen molar-refractivity contribution in [2.45, 2.75) is 37.3 Å². The van der Waals surface area contributed by atoms with E-state index in [1.807, 2.05) is 26.8 Å². The molecule has 9 nitrogen and oxygen atoms in total. The van der Waals surface area contributed by atoms with Crippen LogP contribution in [0, 0.1) is 11.3 Å². The Hall–Kier alpha value is -3.94. The molecule has 2 heterocycles. The van der Waals surface area contributed by atoms with E-state index in [1.165, 1.54) is 49.8 Å². The number of benzene rings is 2. The second-order valence-corrected chi connectivity index (χ2v) is 10.8. The van der Waals surface area contributed by atoms with E-state index in [9.17, 15) is 23.6 Å². The normalized spacial score (nSPS) is 15.5. The van der Waals surface area contributed by atoms with Gasteiger partial charge >= 0.3 is 0 Å². The van der Waals surface area contributed by atoms with Gasteiger partial charge in [-0.05, 0) is 35.2 Å². The third-order valence-electron chi connectivity index (χ3n) is 5.79. The minimum Gasteiger partial charge on any atom is -0.495 e. The molecule has 2 aromatic carbocycles. The number of ether oxygens (including phenoxy) is 1. The number of nitrogens with zero attached hydrogens (tertiary/aromatic N) is 3. The van der Waals surface area contributed by atoms with E-state index in [0.717, 1.165) is 10.5 Å². The highest BCUT2D eigenvalue weighted by Crippen LogP contribution is 2.42. The van der Waals surface area contributed by atoms with Gasteiger partial charge in [-0.2, -0.15) is 5.26 Å². The SMILES string of the molecule is COc1cncc(N2C(=O)c3c(C#N)ccc(NS(=O)(=O)c4ccc(C(C)(C)C)cc4)c3C2O)c1. The fraction of sp³-hybridized carbons (Fsp3) is 0.240. The maximum atomic E-state index is 13.3. The van der Waals surface area contributed by atoms with Crippen LogP contribution >= 0.6 is 0 Å². The van der Waals surface area contributed by atoms with Crippen LogP contribution < -0.4 is 14.4 Å². The Labute approximate surface area is 203 Å². The maximum absolute atomic E-state index is 13.3. The first kappa shape index (κ1) is 24.2. The van der Waals surface area contributed by atoms with Crippen LogP contribution in [-0.2, 0) is 15.4 Å². The third-order valence-corrected chi connectivity index (χ3v) is 7.17. The summed E-state index contributed by atoms with van der Waals surface area (Å²) >= 11 is 0. The van der Waals surface area contributed by atoms with E-state index in [2.05, 4.69) is 9.71 Å². The lowest BCUT2D eigenvalue weighted by Gasteiger charge is -2.22. The topological polar surface area (TPSA) is 133 Å². The number of nitrogens with one attached hydrogen (secondary N) is 1. The third kappa shape index (κ3) is 4.32. The van der Waals surface area contributed by atoms with Crippen molar-refractivity contribution >= 4 is 27.3 Å². The zero-order valence-corrected chi connectivity index (χ0v) is 20.4. The molecule has 0 spiro atoms. The smallest absolute Gasteiger partial charge is 0.262 e. The number of amides is 1. The lowest BCUT2D eigenvalue weighted by atomic mass is 9.87. The second kappa shape index (κ2) is 8.69. The molecule has 1 atom stereocenters. The van der Waals surface area contributed by atoms with Crippen molar-refractivity contribution in [2.24, 2.45) is 0 Å². The number of hydrogen-bond acceptors (Lipinski definition) is 7. The first-order chi connectivity index (χ1) is 16.5. The van der Waals surface area contributed by atoms with Crippen LogP contribution in [0.2, 0.25) is 0 Å². The number of carbonyl (C=O) groups is 1. The van der Waals surface area contributed by atoms with Gasteiger partial charge in [0.1, 0.15) is 5.75 Å². The molecule has 1 aliphatic heterocycles. The van der Waals surface area contributed by atoms with E-state index in [0.29, 0.717) is 5.75 Å². The highest BCUT2D eigenvalue weighted by molar-refractivity contribution is 7.92.